The van der Waals surface area contributed by atoms with E-state index in [0.717, 1.165) is 42.1 Å². The van der Waals surface area contributed by atoms with E-state index < -0.39 is 41.3 Å². The molecule has 5 rings (SSSR count). The molecule has 1 aliphatic heterocycles. The molecule has 1 aromatic carbocycles. The van der Waals surface area contributed by atoms with Gasteiger partial charge in [0.1, 0.15) is 0 Å². The standard InChI is InChI=1S/C18H15F3N2O3/c19-18(20,21)12-7-5-11(6-8-12)15(24)22-23-16(25)13-9-1-2-10(4-3-9)14(13)17(23)26/h1-2,5-10,13-14H,3-4H2,(H,22,24)/t9?,10?,13-,14+. The minimum Gasteiger partial charge on any atom is -0.272 e. The first-order valence-electron chi connectivity index (χ1n) is 8.32. The molecule has 8 heteroatoms. The Balaban J connectivity index is 1.52. The second-order valence-corrected chi connectivity index (χ2v) is 6.87. The lowest BCUT2D eigenvalue weighted by Crippen LogP contribution is -2.46. The van der Waals surface area contributed by atoms with Crippen LogP contribution in [0.3, 0.4) is 0 Å². The summed E-state index contributed by atoms with van der Waals surface area (Å²) >= 11 is 0. The van der Waals surface area contributed by atoms with E-state index in [4.69, 9.17) is 0 Å². The lowest BCUT2D eigenvalue weighted by atomic mass is 9.63. The number of imide groups is 1. The van der Waals surface area contributed by atoms with Gasteiger partial charge < -0.3 is 0 Å². The fourth-order valence-corrected chi connectivity index (χ4v) is 4.16. The monoisotopic (exact) mass is 364 g/mol. The second-order valence-electron chi connectivity index (χ2n) is 6.87. The van der Waals surface area contributed by atoms with E-state index in [-0.39, 0.29) is 17.4 Å². The number of halogens is 3. The van der Waals surface area contributed by atoms with E-state index in [1.165, 1.54) is 0 Å². The van der Waals surface area contributed by atoms with Gasteiger partial charge in [0.2, 0.25) is 0 Å². The SMILES string of the molecule is O=C(NN1C(=O)[C@@H]2C3C=CC(CC3)[C@@H]2C1=O)c1ccc(C(F)(F)F)cc1. The van der Waals surface area contributed by atoms with E-state index in [1.54, 1.807) is 0 Å². The Hall–Kier alpha value is -2.64. The zero-order valence-electron chi connectivity index (χ0n) is 13.5. The molecule has 1 heterocycles. The van der Waals surface area contributed by atoms with Crippen molar-refractivity contribution in [3.8, 4) is 0 Å². The maximum Gasteiger partial charge on any atom is 0.416 e. The molecule has 2 bridgehead atoms. The largest absolute Gasteiger partial charge is 0.416 e. The Morgan fingerprint density at radius 3 is 1.88 bits per heavy atom. The van der Waals surface area contributed by atoms with Gasteiger partial charge >= 0.3 is 6.18 Å². The van der Waals surface area contributed by atoms with Gasteiger partial charge in [-0.3, -0.25) is 19.8 Å². The number of hydrazine groups is 1. The van der Waals surface area contributed by atoms with Crippen molar-refractivity contribution in [2.24, 2.45) is 23.7 Å². The fraction of sp³-hybridized carbons (Fsp3) is 0.389. The molecule has 3 aliphatic carbocycles. The van der Waals surface area contributed by atoms with Crippen LogP contribution in [0.25, 0.3) is 0 Å². The first-order chi connectivity index (χ1) is 12.3. The Morgan fingerprint density at radius 2 is 1.46 bits per heavy atom. The van der Waals surface area contributed by atoms with Gasteiger partial charge in [-0.1, -0.05) is 12.2 Å². The molecule has 136 valence electrons. The Morgan fingerprint density at radius 1 is 0.962 bits per heavy atom. The summed E-state index contributed by atoms with van der Waals surface area (Å²) in [4.78, 5) is 37.5. The number of carbonyl (C=O) groups is 3. The number of fused-ring (bicyclic) bond motifs is 1. The maximum atomic E-state index is 12.6. The lowest BCUT2D eigenvalue weighted by Gasteiger charge is -2.37. The van der Waals surface area contributed by atoms with E-state index in [2.05, 4.69) is 5.43 Å². The highest BCUT2D eigenvalue weighted by Gasteiger charge is 2.57. The van der Waals surface area contributed by atoms with Crippen molar-refractivity contribution in [3.63, 3.8) is 0 Å². The lowest BCUT2D eigenvalue weighted by molar-refractivity contribution is -0.143. The Kier molecular flexibility index (Phi) is 3.68. The average Bonchev–Trinajstić information content (AvgIpc) is 2.89. The molecule has 0 radical (unpaired) electrons. The van der Waals surface area contributed by atoms with Gasteiger partial charge in [-0.05, 0) is 48.9 Å². The molecular weight excluding hydrogens is 349 g/mol. The van der Waals surface area contributed by atoms with Gasteiger partial charge in [-0.2, -0.15) is 18.2 Å². The Bertz CT molecular complexity index is 784. The molecule has 1 saturated heterocycles. The first kappa shape index (κ1) is 16.8. The molecule has 4 atom stereocenters. The third-order valence-electron chi connectivity index (χ3n) is 5.45. The van der Waals surface area contributed by atoms with Crippen molar-refractivity contribution in [2.75, 3.05) is 0 Å². The number of hydrogen-bond donors (Lipinski definition) is 1. The van der Waals surface area contributed by atoms with Crippen LogP contribution in [-0.2, 0) is 15.8 Å². The van der Waals surface area contributed by atoms with Crippen molar-refractivity contribution in [1.29, 1.82) is 0 Å². The smallest absolute Gasteiger partial charge is 0.272 e. The molecule has 4 aliphatic rings. The quantitative estimate of drug-likeness (QED) is 0.648. The van der Waals surface area contributed by atoms with Gasteiger partial charge in [0.15, 0.2) is 0 Å². The van der Waals surface area contributed by atoms with E-state index in [9.17, 15) is 27.6 Å². The van der Waals surface area contributed by atoms with E-state index >= 15 is 0 Å². The number of benzene rings is 1. The van der Waals surface area contributed by atoms with Crippen molar-refractivity contribution in [2.45, 2.75) is 19.0 Å². The molecule has 2 fully saturated rings. The van der Waals surface area contributed by atoms with Crippen LogP contribution in [0.1, 0.15) is 28.8 Å². The summed E-state index contributed by atoms with van der Waals surface area (Å²) in [6.45, 7) is 0. The molecule has 3 amide bonds. The molecule has 1 saturated carbocycles. The zero-order valence-corrected chi connectivity index (χ0v) is 13.5. The summed E-state index contributed by atoms with van der Waals surface area (Å²) < 4.78 is 37.8. The number of nitrogens with zero attached hydrogens (tertiary/aromatic N) is 1. The maximum absolute atomic E-state index is 12.6. The predicted molar refractivity (Wildman–Crippen MR) is 83.1 cm³/mol. The van der Waals surface area contributed by atoms with Crippen molar-refractivity contribution in [1.82, 2.24) is 10.4 Å². The van der Waals surface area contributed by atoms with Crippen molar-refractivity contribution in [3.05, 3.63) is 47.5 Å². The number of carbonyl (C=O) groups excluding carboxylic acids is 3. The van der Waals surface area contributed by atoms with Gasteiger partial charge in [-0.15, -0.1) is 0 Å². The topological polar surface area (TPSA) is 66.5 Å². The summed E-state index contributed by atoms with van der Waals surface area (Å²) in [5, 5.41) is 0.744. The number of hydrogen-bond acceptors (Lipinski definition) is 3. The molecular formula is C18H15F3N2O3. The number of amides is 3. The summed E-state index contributed by atoms with van der Waals surface area (Å²) in [5.41, 5.74) is 1.33. The van der Waals surface area contributed by atoms with Crippen LogP contribution in [0.4, 0.5) is 13.2 Å². The minimum atomic E-state index is -4.50. The van der Waals surface area contributed by atoms with Crippen LogP contribution in [0.5, 0.6) is 0 Å². The summed E-state index contributed by atoms with van der Waals surface area (Å²) in [6.07, 6.45) is 1.09. The molecule has 0 aromatic heterocycles. The molecule has 0 spiro atoms. The highest BCUT2D eigenvalue weighted by atomic mass is 19.4. The summed E-state index contributed by atoms with van der Waals surface area (Å²) in [5.74, 6) is -2.61. The van der Waals surface area contributed by atoms with Crippen LogP contribution in [0, 0.1) is 23.7 Å². The fourth-order valence-electron chi connectivity index (χ4n) is 4.16. The van der Waals surface area contributed by atoms with Crippen LogP contribution in [0.2, 0.25) is 0 Å². The van der Waals surface area contributed by atoms with Crippen LogP contribution < -0.4 is 5.43 Å². The molecule has 5 nitrogen and oxygen atoms in total. The van der Waals surface area contributed by atoms with Crippen LogP contribution in [-0.4, -0.2) is 22.7 Å². The van der Waals surface area contributed by atoms with Crippen molar-refractivity contribution < 1.29 is 27.6 Å². The van der Waals surface area contributed by atoms with E-state index in [1.807, 2.05) is 12.2 Å². The van der Waals surface area contributed by atoms with Crippen LogP contribution >= 0.6 is 0 Å². The Labute approximate surface area is 146 Å². The normalized spacial score (nSPS) is 29.9. The van der Waals surface area contributed by atoms with E-state index in [0.29, 0.717) is 0 Å². The highest BCUT2D eigenvalue weighted by Crippen LogP contribution is 2.49. The first-order valence-corrected chi connectivity index (χ1v) is 8.32. The number of nitrogens with one attached hydrogen (secondary N) is 1. The summed E-state index contributed by atoms with van der Waals surface area (Å²) in [7, 11) is 0. The molecule has 1 N–H and O–H groups in total. The minimum absolute atomic E-state index is 0.00517. The third kappa shape index (κ3) is 2.51. The highest BCUT2D eigenvalue weighted by molar-refractivity contribution is 6.08. The van der Waals surface area contributed by atoms with Gasteiger partial charge in [0.25, 0.3) is 17.7 Å². The number of allylic oxidation sites excluding steroid dienone is 2. The molecule has 26 heavy (non-hydrogen) atoms. The third-order valence-corrected chi connectivity index (χ3v) is 5.45. The second kappa shape index (κ2) is 5.69. The van der Waals surface area contributed by atoms with Crippen molar-refractivity contribution >= 4 is 17.7 Å². The molecule has 1 aromatic rings. The summed E-state index contributed by atoms with van der Waals surface area (Å²) in [6, 6.07) is 3.60. The molecule has 2 unspecified atom stereocenters. The zero-order chi connectivity index (χ0) is 18.6. The average molecular weight is 364 g/mol. The van der Waals surface area contributed by atoms with Gasteiger partial charge in [0, 0.05) is 5.56 Å². The van der Waals surface area contributed by atoms with Gasteiger partial charge in [-0.25, -0.2) is 0 Å². The number of alkyl halides is 3. The van der Waals surface area contributed by atoms with Gasteiger partial charge in [0.05, 0.1) is 17.4 Å². The number of rotatable bonds is 2. The predicted octanol–water partition coefficient (Wildman–Crippen LogP) is 2.55. The van der Waals surface area contributed by atoms with Crippen LogP contribution in [0.15, 0.2) is 36.4 Å².